The molecule has 0 saturated carbocycles. The lowest BCUT2D eigenvalue weighted by Crippen LogP contribution is -1.85. The Balaban J connectivity index is 3.14. The van der Waals surface area contributed by atoms with E-state index in [1.807, 2.05) is 0 Å². The first-order chi connectivity index (χ1) is 4.75. The maximum Gasteiger partial charge on any atom is 0.141 e. The van der Waals surface area contributed by atoms with E-state index >= 15 is 0 Å². The molecule has 0 saturated heterocycles. The van der Waals surface area contributed by atoms with E-state index in [1.54, 1.807) is 6.07 Å². The van der Waals surface area contributed by atoms with E-state index in [0.29, 0.717) is 10.2 Å². The standard InChI is InChI=1S/C7H5BrFO/c1-10-6-4-2-3-5(9)7(6)8/h3-4H,1H3. The Bertz CT molecular complexity index is 237. The van der Waals surface area contributed by atoms with Gasteiger partial charge in [0.15, 0.2) is 0 Å². The van der Waals surface area contributed by atoms with Crippen LogP contribution in [0.2, 0.25) is 0 Å². The highest BCUT2D eigenvalue weighted by atomic mass is 79.9. The van der Waals surface area contributed by atoms with E-state index in [9.17, 15) is 4.39 Å². The van der Waals surface area contributed by atoms with Crippen LogP contribution in [0.4, 0.5) is 4.39 Å². The van der Waals surface area contributed by atoms with Crippen molar-refractivity contribution in [3.8, 4) is 5.75 Å². The molecule has 1 nitrogen and oxygen atoms in total. The third kappa shape index (κ3) is 1.29. The number of ether oxygens (including phenoxy) is 1. The van der Waals surface area contributed by atoms with Gasteiger partial charge >= 0.3 is 0 Å². The second-order valence-corrected chi connectivity index (χ2v) is 2.48. The Hall–Kier alpha value is -0.570. The van der Waals surface area contributed by atoms with Gasteiger partial charge in [-0.1, -0.05) is 0 Å². The molecule has 0 aliphatic rings. The number of benzene rings is 1. The van der Waals surface area contributed by atoms with Crippen molar-refractivity contribution in [2.24, 2.45) is 0 Å². The zero-order valence-electron chi connectivity index (χ0n) is 5.32. The summed E-state index contributed by atoms with van der Waals surface area (Å²) in [4.78, 5) is 0. The van der Waals surface area contributed by atoms with Gasteiger partial charge in [0.1, 0.15) is 11.6 Å². The maximum absolute atomic E-state index is 12.6. The van der Waals surface area contributed by atoms with Gasteiger partial charge in [0.2, 0.25) is 0 Å². The van der Waals surface area contributed by atoms with Gasteiger partial charge < -0.3 is 4.74 Å². The molecule has 1 aromatic rings. The lowest BCUT2D eigenvalue weighted by Gasteiger charge is -2.01. The van der Waals surface area contributed by atoms with Gasteiger partial charge in [0.25, 0.3) is 0 Å². The van der Waals surface area contributed by atoms with Crippen molar-refractivity contribution in [2.75, 3.05) is 7.11 Å². The van der Waals surface area contributed by atoms with Crippen LogP contribution in [-0.4, -0.2) is 7.11 Å². The molecule has 1 radical (unpaired) electrons. The quantitative estimate of drug-likeness (QED) is 0.682. The highest BCUT2D eigenvalue weighted by molar-refractivity contribution is 9.10. The minimum Gasteiger partial charge on any atom is -0.495 e. The van der Waals surface area contributed by atoms with Crippen LogP contribution in [0.1, 0.15) is 0 Å². The fourth-order valence-corrected chi connectivity index (χ4v) is 0.974. The van der Waals surface area contributed by atoms with Gasteiger partial charge in [-0.2, -0.15) is 0 Å². The molecule has 0 unspecified atom stereocenters. The minimum absolute atomic E-state index is 0.341. The second-order valence-electron chi connectivity index (χ2n) is 1.69. The van der Waals surface area contributed by atoms with E-state index in [4.69, 9.17) is 4.74 Å². The topological polar surface area (TPSA) is 9.23 Å². The molecule has 0 heterocycles. The van der Waals surface area contributed by atoms with Crippen molar-refractivity contribution in [2.45, 2.75) is 0 Å². The van der Waals surface area contributed by atoms with Crippen LogP contribution in [0, 0.1) is 11.9 Å². The van der Waals surface area contributed by atoms with Crippen LogP contribution in [0.5, 0.6) is 5.75 Å². The second kappa shape index (κ2) is 3.01. The molecule has 0 fully saturated rings. The molecular formula is C7H5BrFO. The SMILES string of the molecule is COc1c[c]cc(F)c1Br. The fourth-order valence-electron chi connectivity index (χ4n) is 0.583. The summed E-state index contributed by atoms with van der Waals surface area (Å²) in [5.74, 6) is 0.0966. The van der Waals surface area contributed by atoms with Crippen LogP contribution < -0.4 is 4.74 Å². The van der Waals surface area contributed by atoms with E-state index in [-0.39, 0.29) is 5.82 Å². The van der Waals surface area contributed by atoms with Crippen molar-refractivity contribution < 1.29 is 9.13 Å². The molecule has 0 aliphatic carbocycles. The molecule has 0 bridgehead atoms. The lowest BCUT2D eigenvalue weighted by molar-refractivity contribution is 0.407. The number of hydrogen-bond donors (Lipinski definition) is 0. The average Bonchev–Trinajstić information content (AvgIpc) is 1.95. The summed E-state index contributed by atoms with van der Waals surface area (Å²) in [5.41, 5.74) is 0. The van der Waals surface area contributed by atoms with Crippen molar-refractivity contribution >= 4 is 15.9 Å². The number of hydrogen-bond acceptors (Lipinski definition) is 1. The monoisotopic (exact) mass is 203 g/mol. The average molecular weight is 204 g/mol. The fraction of sp³-hybridized carbons (Fsp3) is 0.143. The van der Waals surface area contributed by atoms with Gasteiger partial charge in [-0.25, -0.2) is 4.39 Å². The molecular weight excluding hydrogens is 199 g/mol. The predicted octanol–water partition coefficient (Wildman–Crippen LogP) is 2.40. The summed E-state index contributed by atoms with van der Waals surface area (Å²) in [6, 6.07) is 5.40. The molecule has 0 atom stereocenters. The molecule has 0 N–H and O–H groups in total. The molecule has 10 heavy (non-hydrogen) atoms. The first-order valence-corrected chi connectivity index (χ1v) is 3.44. The van der Waals surface area contributed by atoms with Gasteiger partial charge in [0, 0.05) is 0 Å². The Morgan fingerprint density at radius 3 is 2.80 bits per heavy atom. The normalized spacial score (nSPS) is 9.50. The van der Waals surface area contributed by atoms with Crippen molar-refractivity contribution in [3.63, 3.8) is 0 Å². The van der Waals surface area contributed by atoms with Gasteiger partial charge in [-0.15, -0.1) is 0 Å². The van der Waals surface area contributed by atoms with Crippen LogP contribution in [0.15, 0.2) is 16.6 Å². The van der Waals surface area contributed by atoms with Crippen molar-refractivity contribution in [3.05, 3.63) is 28.5 Å². The Morgan fingerprint density at radius 2 is 2.30 bits per heavy atom. The van der Waals surface area contributed by atoms with Crippen LogP contribution in [0.25, 0.3) is 0 Å². The van der Waals surface area contributed by atoms with E-state index < -0.39 is 0 Å². The van der Waals surface area contributed by atoms with Crippen molar-refractivity contribution in [1.29, 1.82) is 0 Å². The zero-order chi connectivity index (χ0) is 7.56. The van der Waals surface area contributed by atoms with Crippen LogP contribution in [0.3, 0.4) is 0 Å². The number of halogens is 2. The van der Waals surface area contributed by atoms with E-state index in [2.05, 4.69) is 22.0 Å². The molecule has 0 spiro atoms. The lowest BCUT2D eigenvalue weighted by atomic mass is 10.3. The van der Waals surface area contributed by atoms with Gasteiger partial charge in [-0.05, 0) is 34.1 Å². The smallest absolute Gasteiger partial charge is 0.141 e. The molecule has 0 aliphatic heterocycles. The first kappa shape index (κ1) is 7.54. The van der Waals surface area contributed by atoms with Crippen LogP contribution in [-0.2, 0) is 0 Å². The third-order valence-electron chi connectivity index (χ3n) is 1.07. The van der Waals surface area contributed by atoms with Gasteiger partial charge in [-0.3, -0.25) is 0 Å². The summed E-state index contributed by atoms with van der Waals surface area (Å²) < 4.78 is 17.8. The molecule has 1 rings (SSSR count). The predicted molar refractivity (Wildman–Crippen MR) is 39.5 cm³/mol. The van der Waals surface area contributed by atoms with Gasteiger partial charge in [0.05, 0.1) is 11.6 Å². The Kier molecular flexibility index (Phi) is 2.27. The van der Waals surface area contributed by atoms with E-state index in [0.717, 1.165) is 0 Å². The zero-order valence-corrected chi connectivity index (χ0v) is 6.90. The number of rotatable bonds is 1. The van der Waals surface area contributed by atoms with Crippen LogP contribution >= 0.6 is 15.9 Å². The minimum atomic E-state index is -0.362. The maximum atomic E-state index is 12.6. The Morgan fingerprint density at radius 1 is 1.60 bits per heavy atom. The summed E-state index contributed by atoms with van der Waals surface area (Å²) in [6.07, 6.45) is 0. The first-order valence-electron chi connectivity index (χ1n) is 2.65. The summed E-state index contributed by atoms with van der Waals surface area (Å²) in [6.45, 7) is 0. The summed E-state index contributed by atoms with van der Waals surface area (Å²) in [5, 5.41) is 0. The number of methoxy groups -OCH3 is 1. The van der Waals surface area contributed by atoms with Crippen molar-refractivity contribution in [1.82, 2.24) is 0 Å². The van der Waals surface area contributed by atoms with E-state index in [1.165, 1.54) is 13.2 Å². The molecule has 53 valence electrons. The molecule has 1 aromatic carbocycles. The summed E-state index contributed by atoms with van der Waals surface area (Å²) >= 11 is 3.02. The molecule has 0 aromatic heterocycles. The Labute approximate surface area is 66.9 Å². The highest BCUT2D eigenvalue weighted by Crippen LogP contribution is 2.26. The summed E-state index contributed by atoms with van der Waals surface area (Å²) in [7, 11) is 1.48. The molecule has 0 amide bonds. The largest absolute Gasteiger partial charge is 0.495 e. The molecule has 3 heteroatoms. The highest BCUT2D eigenvalue weighted by Gasteiger charge is 2.03. The third-order valence-corrected chi connectivity index (χ3v) is 1.84.